The van der Waals surface area contributed by atoms with Crippen LogP contribution in [0.1, 0.15) is 30.1 Å². The third kappa shape index (κ3) is 5.16. The first-order valence-electron chi connectivity index (χ1n) is 11.0. The summed E-state index contributed by atoms with van der Waals surface area (Å²) >= 11 is 0. The van der Waals surface area contributed by atoms with Crippen molar-refractivity contribution in [2.75, 3.05) is 31.7 Å². The minimum atomic E-state index is -0.528. The quantitative estimate of drug-likeness (QED) is 0.561. The smallest absolute Gasteiger partial charge is 0.249 e. The topological polar surface area (TPSA) is 99.8 Å². The van der Waals surface area contributed by atoms with Crippen LogP contribution >= 0.6 is 0 Å². The number of benzene rings is 2. The van der Waals surface area contributed by atoms with E-state index in [1.807, 2.05) is 31.2 Å². The fourth-order valence-corrected chi connectivity index (χ4v) is 3.96. The molecule has 0 saturated carbocycles. The molecule has 4 rings (SSSR count). The summed E-state index contributed by atoms with van der Waals surface area (Å²) in [6.07, 6.45) is 5.24. The highest BCUT2D eigenvalue weighted by atomic mass is 16.5. The third-order valence-corrected chi connectivity index (χ3v) is 5.53. The molecule has 8 nitrogen and oxygen atoms in total. The van der Waals surface area contributed by atoms with E-state index in [1.54, 1.807) is 37.7 Å². The number of primary amides is 1. The Labute approximate surface area is 193 Å². The molecular formula is C25H28N4O4. The van der Waals surface area contributed by atoms with Crippen molar-refractivity contribution in [2.24, 2.45) is 5.73 Å². The van der Waals surface area contributed by atoms with Crippen LogP contribution in [0.2, 0.25) is 0 Å². The Balaban J connectivity index is 1.56. The van der Waals surface area contributed by atoms with Crippen LogP contribution in [0.25, 0.3) is 11.3 Å². The first-order valence-corrected chi connectivity index (χ1v) is 11.0. The van der Waals surface area contributed by atoms with E-state index in [9.17, 15) is 4.79 Å². The summed E-state index contributed by atoms with van der Waals surface area (Å²) in [7, 11) is 1.57. The van der Waals surface area contributed by atoms with Crippen molar-refractivity contribution < 1.29 is 19.0 Å². The van der Waals surface area contributed by atoms with Gasteiger partial charge in [0.1, 0.15) is 17.7 Å². The summed E-state index contributed by atoms with van der Waals surface area (Å²) in [6, 6.07) is 12.8. The lowest BCUT2D eigenvalue weighted by molar-refractivity contribution is 0.100. The number of ether oxygens (including phenoxy) is 3. The van der Waals surface area contributed by atoms with Crippen molar-refractivity contribution in [3.63, 3.8) is 0 Å². The monoisotopic (exact) mass is 448 g/mol. The lowest BCUT2D eigenvalue weighted by Gasteiger charge is -2.34. The Kier molecular flexibility index (Phi) is 6.92. The first kappa shape index (κ1) is 22.4. The highest BCUT2D eigenvalue weighted by Crippen LogP contribution is 2.31. The van der Waals surface area contributed by atoms with Crippen LogP contribution in [0.5, 0.6) is 17.2 Å². The summed E-state index contributed by atoms with van der Waals surface area (Å²) < 4.78 is 17.3. The predicted molar refractivity (Wildman–Crippen MR) is 126 cm³/mol. The molecule has 2 heterocycles. The molecule has 33 heavy (non-hydrogen) atoms. The molecule has 1 aromatic heterocycles. The van der Waals surface area contributed by atoms with E-state index in [1.165, 1.54) is 0 Å². The van der Waals surface area contributed by atoms with E-state index < -0.39 is 5.91 Å². The number of amides is 1. The van der Waals surface area contributed by atoms with E-state index in [0.29, 0.717) is 35.7 Å². The van der Waals surface area contributed by atoms with Crippen LogP contribution in [0.15, 0.2) is 54.9 Å². The molecule has 0 spiro atoms. The van der Waals surface area contributed by atoms with Gasteiger partial charge in [0.05, 0.1) is 38.3 Å². The number of carbonyl (C=O) groups excluding carboxylic acids is 1. The summed E-state index contributed by atoms with van der Waals surface area (Å²) in [4.78, 5) is 23.3. The number of hydrogen-bond acceptors (Lipinski definition) is 7. The molecule has 1 unspecified atom stereocenters. The van der Waals surface area contributed by atoms with E-state index >= 15 is 0 Å². The predicted octanol–water partition coefficient (Wildman–Crippen LogP) is 3.70. The van der Waals surface area contributed by atoms with Crippen molar-refractivity contribution in [1.29, 1.82) is 0 Å². The molecule has 0 aliphatic carbocycles. The van der Waals surface area contributed by atoms with Crippen LogP contribution in [-0.2, 0) is 0 Å². The molecular weight excluding hydrogens is 420 g/mol. The number of aromatic nitrogens is 2. The number of anilines is 1. The zero-order chi connectivity index (χ0) is 23.2. The molecule has 1 aliphatic rings. The fraction of sp³-hybridized carbons (Fsp3) is 0.320. The lowest BCUT2D eigenvalue weighted by atomic mass is 10.0. The minimum Gasteiger partial charge on any atom is -0.497 e. The Bertz CT molecular complexity index is 1120. The zero-order valence-electron chi connectivity index (χ0n) is 18.9. The maximum Gasteiger partial charge on any atom is 0.249 e. The van der Waals surface area contributed by atoms with E-state index in [-0.39, 0.29) is 6.10 Å². The molecule has 172 valence electrons. The fourth-order valence-electron chi connectivity index (χ4n) is 3.96. The maximum absolute atomic E-state index is 12.0. The minimum absolute atomic E-state index is 0.0104. The summed E-state index contributed by atoms with van der Waals surface area (Å²) in [6.45, 7) is 4.04. The largest absolute Gasteiger partial charge is 0.497 e. The van der Waals surface area contributed by atoms with Gasteiger partial charge in [-0.2, -0.15) is 0 Å². The number of hydrogen-bond donors (Lipinski definition) is 1. The molecule has 1 aliphatic heterocycles. The van der Waals surface area contributed by atoms with Gasteiger partial charge in [0.25, 0.3) is 0 Å². The Hall–Kier alpha value is -3.81. The number of nitrogens with zero attached hydrogens (tertiary/aromatic N) is 3. The molecule has 1 fully saturated rings. The van der Waals surface area contributed by atoms with Gasteiger partial charge >= 0.3 is 0 Å². The number of piperidine rings is 1. The van der Waals surface area contributed by atoms with Gasteiger partial charge in [-0.3, -0.25) is 9.78 Å². The van der Waals surface area contributed by atoms with Gasteiger partial charge in [0.2, 0.25) is 5.91 Å². The second-order valence-electron chi connectivity index (χ2n) is 7.75. The standard InChI is InChI=1S/C25H28N4O4/c1-3-32-22-8-4-5-9-23(22)33-18-7-6-12-29(16-18)24-15-27-14-21(28-24)20-13-17(31-2)10-11-19(20)25(26)30/h4-5,8-11,13-15,18H,3,6-7,12,16H2,1-2H3,(H2,26,30). The maximum atomic E-state index is 12.0. The van der Waals surface area contributed by atoms with Gasteiger partial charge < -0.3 is 24.8 Å². The average molecular weight is 449 g/mol. The average Bonchev–Trinajstić information content (AvgIpc) is 2.85. The Morgan fingerprint density at radius 3 is 2.76 bits per heavy atom. The van der Waals surface area contributed by atoms with Crippen LogP contribution in [0.4, 0.5) is 5.82 Å². The molecule has 0 radical (unpaired) electrons. The number of para-hydroxylation sites is 2. The molecule has 3 aromatic rings. The van der Waals surface area contributed by atoms with E-state index in [0.717, 1.165) is 36.7 Å². The summed E-state index contributed by atoms with van der Waals surface area (Å²) in [5.74, 6) is 2.29. The Morgan fingerprint density at radius 1 is 1.18 bits per heavy atom. The van der Waals surface area contributed by atoms with Gasteiger partial charge in [-0.05, 0) is 50.1 Å². The van der Waals surface area contributed by atoms with Crippen molar-refractivity contribution in [1.82, 2.24) is 9.97 Å². The molecule has 1 saturated heterocycles. The molecule has 8 heteroatoms. The van der Waals surface area contributed by atoms with Crippen LogP contribution in [0, 0.1) is 0 Å². The highest BCUT2D eigenvalue weighted by Gasteiger charge is 2.24. The number of methoxy groups -OCH3 is 1. The molecule has 2 N–H and O–H groups in total. The normalized spacial score (nSPS) is 15.7. The Morgan fingerprint density at radius 2 is 2.00 bits per heavy atom. The molecule has 1 amide bonds. The molecule has 0 bridgehead atoms. The lowest BCUT2D eigenvalue weighted by Crippen LogP contribution is -2.41. The SMILES string of the molecule is CCOc1ccccc1OC1CCCN(c2cncc(-c3cc(OC)ccc3C(N)=O)n2)C1. The molecule has 1 atom stereocenters. The van der Waals surface area contributed by atoms with E-state index in [2.05, 4.69) is 9.88 Å². The van der Waals surface area contributed by atoms with Gasteiger partial charge in [0, 0.05) is 17.7 Å². The van der Waals surface area contributed by atoms with E-state index in [4.69, 9.17) is 24.9 Å². The van der Waals surface area contributed by atoms with Gasteiger partial charge in [-0.1, -0.05) is 12.1 Å². The second-order valence-corrected chi connectivity index (χ2v) is 7.75. The highest BCUT2D eigenvalue weighted by molar-refractivity contribution is 5.99. The van der Waals surface area contributed by atoms with Crippen LogP contribution < -0.4 is 24.8 Å². The zero-order valence-corrected chi connectivity index (χ0v) is 18.9. The van der Waals surface area contributed by atoms with Crippen LogP contribution in [0.3, 0.4) is 0 Å². The number of nitrogens with two attached hydrogens (primary N) is 1. The third-order valence-electron chi connectivity index (χ3n) is 5.53. The van der Waals surface area contributed by atoms with Crippen molar-refractivity contribution in [2.45, 2.75) is 25.9 Å². The van der Waals surface area contributed by atoms with Crippen molar-refractivity contribution in [3.05, 3.63) is 60.4 Å². The number of carbonyl (C=O) groups is 1. The summed E-state index contributed by atoms with van der Waals surface area (Å²) in [5.41, 5.74) is 7.10. The van der Waals surface area contributed by atoms with Crippen LogP contribution in [-0.4, -0.2) is 48.8 Å². The van der Waals surface area contributed by atoms with Crippen molar-refractivity contribution >= 4 is 11.7 Å². The molecule has 2 aromatic carbocycles. The van der Waals surface area contributed by atoms with Gasteiger partial charge in [-0.25, -0.2) is 4.98 Å². The van der Waals surface area contributed by atoms with Crippen molar-refractivity contribution in [3.8, 4) is 28.5 Å². The second kappa shape index (κ2) is 10.2. The summed E-state index contributed by atoms with van der Waals surface area (Å²) in [5, 5.41) is 0. The van der Waals surface area contributed by atoms with Gasteiger partial charge in [0.15, 0.2) is 11.5 Å². The first-order chi connectivity index (χ1) is 16.1. The van der Waals surface area contributed by atoms with Gasteiger partial charge in [-0.15, -0.1) is 0 Å². The number of rotatable bonds is 8.